The third-order valence-electron chi connectivity index (χ3n) is 15.9. The van der Waals surface area contributed by atoms with Crippen LogP contribution in [0.2, 0.25) is 0 Å². The second kappa shape index (κ2) is 13.4. The van der Waals surface area contributed by atoms with E-state index < -0.39 is 6.17 Å². The van der Waals surface area contributed by atoms with Gasteiger partial charge in [0.1, 0.15) is 6.17 Å². The van der Waals surface area contributed by atoms with Crippen molar-refractivity contribution in [1.29, 1.82) is 0 Å². The van der Waals surface area contributed by atoms with E-state index in [0.717, 1.165) is 24.8 Å². The van der Waals surface area contributed by atoms with Crippen LogP contribution in [0.3, 0.4) is 0 Å². The fraction of sp³-hybridized carbons (Fsp3) is 0.696. The van der Waals surface area contributed by atoms with Gasteiger partial charge < -0.3 is 0 Å². The lowest BCUT2D eigenvalue weighted by molar-refractivity contribution is -0.160. The highest BCUT2D eigenvalue weighted by Gasteiger charge is 2.66. The molecule has 262 valence electrons. The highest BCUT2D eigenvalue weighted by atomic mass is 19.1. The smallest absolute Gasteiger partial charge is 0.104 e. The topological polar surface area (TPSA) is 0 Å². The molecule has 2 fully saturated rings. The van der Waals surface area contributed by atoms with E-state index in [1.54, 1.807) is 12.5 Å². The van der Waals surface area contributed by atoms with E-state index in [9.17, 15) is 0 Å². The molecule has 1 aromatic carbocycles. The van der Waals surface area contributed by atoms with Crippen molar-refractivity contribution in [2.75, 3.05) is 0 Å². The summed E-state index contributed by atoms with van der Waals surface area (Å²) in [7, 11) is 0. The highest BCUT2D eigenvalue weighted by Crippen LogP contribution is 2.74. The molecule has 4 rings (SSSR count). The minimum absolute atomic E-state index is 0.0140. The Morgan fingerprint density at radius 2 is 1.57 bits per heavy atom. The van der Waals surface area contributed by atoms with Gasteiger partial charge in [0.25, 0.3) is 0 Å². The number of benzene rings is 1. The van der Waals surface area contributed by atoms with Crippen molar-refractivity contribution in [3.05, 3.63) is 83.5 Å². The number of alkyl halides is 1. The van der Waals surface area contributed by atoms with E-state index >= 15 is 4.39 Å². The Morgan fingerprint density at radius 3 is 2.09 bits per heavy atom. The number of halogens is 1. The van der Waals surface area contributed by atoms with Crippen LogP contribution >= 0.6 is 0 Å². The van der Waals surface area contributed by atoms with Gasteiger partial charge in [0, 0.05) is 11.8 Å². The second-order valence-corrected chi connectivity index (χ2v) is 18.2. The van der Waals surface area contributed by atoms with E-state index in [1.807, 2.05) is 6.07 Å². The maximum atomic E-state index is 15.6. The zero-order valence-electron chi connectivity index (χ0n) is 32.8. The van der Waals surface area contributed by atoms with Crippen LogP contribution in [0.25, 0.3) is 0 Å². The summed E-state index contributed by atoms with van der Waals surface area (Å²) in [4.78, 5) is 0. The minimum atomic E-state index is -0.956. The van der Waals surface area contributed by atoms with Gasteiger partial charge in [-0.3, -0.25) is 0 Å². The van der Waals surface area contributed by atoms with E-state index in [0.29, 0.717) is 29.6 Å². The lowest BCUT2D eigenvalue weighted by Crippen LogP contribution is -2.63. The van der Waals surface area contributed by atoms with E-state index in [4.69, 9.17) is 13.2 Å². The second-order valence-electron chi connectivity index (χ2n) is 18.2. The molecule has 1 heteroatoms. The average Bonchev–Trinajstić information content (AvgIpc) is 3.00. The van der Waals surface area contributed by atoms with E-state index in [2.05, 4.69) is 114 Å². The van der Waals surface area contributed by atoms with Gasteiger partial charge in [-0.1, -0.05) is 153 Å². The Kier molecular flexibility index (Phi) is 10.8. The van der Waals surface area contributed by atoms with Crippen LogP contribution in [0.5, 0.6) is 0 Å². The first-order chi connectivity index (χ1) is 21.7. The van der Waals surface area contributed by atoms with Gasteiger partial charge in [-0.2, -0.15) is 0 Å². The Bertz CT molecular complexity index is 1360. The molecule has 0 aliphatic heterocycles. The molecule has 0 aromatic heterocycles. The Hall–Kier alpha value is -1.89. The molecule has 2 saturated carbocycles. The molecular formula is C46H71F. The molecule has 0 radical (unpaired) electrons. The third-order valence-corrected chi connectivity index (χ3v) is 15.9. The van der Waals surface area contributed by atoms with Crippen LogP contribution in [0.4, 0.5) is 4.39 Å². The molecule has 0 heterocycles. The molecule has 0 saturated heterocycles. The largest absolute Gasteiger partial charge is 0.247 e. The van der Waals surface area contributed by atoms with Crippen LogP contribution in [0, 0.1) is 63.1 Å². The SMILES string of the molecule is C=C(C)CC1C(=C)C2(C)C(CC)CC(C)C(C)(CC)C2C(C)C2(C)CC(CC(=C)C(C(C)F)C(C)c3ccccc3)C(C)=C1C2(C)C. The Morgan fingerprint density at radius 1 is 0.979 bits per heavy atom. The third kappa shape index (κ3) is 5.90. The van der Waals surface area contributed by atoms with Gasteiger partial charge in [-0.15, -0.1) is 6.58 Å². The van der Waals surface area contributed by atoms with Gasteiger partial charge in [0.05, 0.1) is 0 Å². The van der Waals surface area contributed by atoms with Crippen LogP contribution < -0.4 is 0 Å². The first-order valence-corrected chi connectivity index (χ1v) is 19.2. The number of hydrogen-bond acceptors (Lipinski definition) is 0. The molecule has 0 N–H and O–H groups in total. The summed E-state index contributed by atoms with van der Waals surface area (Å²) in [6, 6.07) is 10.5. The van der Waals surface area contributed by atoms with Crippen LogP contribution in [-0.2, 0) is 0 Å². The molecule has 12 unspecified atom stereocenters. The molecule has 3 aliphatic carbocycles. The quantitative estimate of drug-likeness (QED) is 0.223. The van der Waals surface area contributed by atoms with Crippen molar-refractivity contribution in [3.63, 3.8) is 0 Å². The van der Waals surface area contributed by atoms with Crippen LogP contribution in [0.1, 0.15) is 140 Å². The first kappa shape index (κ1) is 37.9. The molecule has 0 amide bonds. The fourth-order valence-corrected chi connectivity index (χ4v) is 12.5. The van der Waals surface area contributed by atoms with Gasteiger partial charge in [-0.25, -0.2) is 4.39 Å². The summed E-state index contributed by atoms with van der Waals surface area (Å²) >= 11 is 0. The highest BCUT2D eigenvalue weighted by molar-refractivity contribution is 5.42. The molecular weight excluding hydrogens is 572 g/mol. The molecule has 0 nitrogen and oxygen atoms in total. The number of fused-ring (bicyclic) bond motifs is 3. The molecule has 47 heavy (non-hydrogen) atoms. The molecule has 12 atom stereocenters. The minimum Gasteiger partial charge on any atom is -0.247 e. The maximum Gasteiger partial charge on any atom is 0.104 e. The summed E-state index contributed by atoms with van der Waals surface area (Å²) in [5.41, 5.74) is 8.41. The summed E-state index contributed by atoms with van der Waals surface area (Å²) in [6.45, 7) is 46.1. The van der Waals surface area contributed by atoms with E-state index in [1.165, 1.54) is 41.5 Å². The summed E-state index contributed by atoms with van der Waals surface area (Å²) in [5, 5.41) is 0. The lowest BCUT2D eigenvalue weighted by Gasteiger charge is -2.70. The zero-order valence-corrected chi connectivity index (χ0v) is 32.8. The summed E-state index contributed by atoms with van der Waals surface area (Å²) in [6.07, 6.45) is 5.64. The van der Waals surface area contributed by atoms with Crippen LogP contribution in [0.15, 0.2) is 77.9 Å². The standard InChI is InChI=1S/C46H71F/c1-17-38-26-30(6)44(14,18-2)42-34(10)45(15)27-37(25-29(5)40(35(11)47)31(7)36-22-20-19-21-23-36)32(8)41(43(45,12)13)39(24-28(3)4)33(9)46(38,42)16/h19-23,30-31,34-35,37-40,42H,3,5,9,17-18,24-27H2,1-2,4,6-8,10-16H3. The predicted octanol–water partition coefficient (Wildman–Crippen LogP) is 14.0. The normalized spacial score (nSPS) is 38.9. The van der Waals surface area contributed by atoms with Gasteiger partial charge >= 0.3 is 0 Å². The maximum absolute atomic E-state index is 15.6. The number of allylic oxidation sites excluding steroid dienone is 5. The Labute approximate surface area is 290 Å². The molecule has 0 spiro atoms. The monoisotopic (exact) mass is 643 g/mol. The van der Waals surface area contributed by atoms with Crippen molar-refractivity contribution in [2.45, 2.75) is 141 Å². The predicted molar refractivity (Wildman–Crippen MR) is 204 cm³/mol. The lowest BCUT2D eigenvalue weighted by atomic mass is 9.34. The van der Waals surface area contributed by atoms with E-state index in [-0.39, 0.29) is 39.4 Å². The van der Waals surface area contributed by atoms with Crippen LogP contribution in [-0.4, -0.2) is 6.17 Å². The van der Waals surface area contributed by atoms with Gasteiger partial charge in [0.15, 0.2) is 0 Å². The van der Waals surface area contributed by atoms with Crippen molar-refractivity contribution in [3.8, 4) is 0 Å². The first-order valence-electron chi connectivity index (χ1n) is 19.2. The zero-order chi connectivity index (χ0) is 35.4. The number of rotatable bonds is 10. The summed E-state index contributed by atoms with van der Waals surface area (Å²) in [5.74, 6) is 2.77. The molecule has 2 bridgehead atoms. The van der Waals surface area contributed by atoms with Gasteiger partial charge in [-0.05, 0) is 109 Å². The summed E-state index contributed by atoms with van der Waals surface area (Å²) < 4.78 is 15.6. The fourth-order valence-electron chi connectivity index (χ4n) is 12.5. The van der Waals surface area contributed by atoms with Crippen molar-refractivity contribution >= 4 is 0 Å². The van der Waals surface area contributed by atoms with Crippen molar-refractivity contribution < 1.29 is 4.39 Å². The average molecular weight is 643 g/mol. The van der Waals surface area contributed by atoms with Crippen molar-refractivity contribution in [2.24, 2.45) is 63.1 Å². The molecule has 3 aliphatic rings. The van der Waals surface area contributed by atoms with Gasteiger partial charge in [0.2, 0.25) is 0 Å². The number of hydrogen-bond donors (Lipinski definition) is 0. The Balaban J connectivity index is 1.94. The van der Waals surface area contributed by atoms with Crippen molar-refractivity contribution in [1.82, 2.24) is 0 Å². The molecule has 1 aromatic rings.